The van der Waals surface area contributed by atoms with Gasteiger partial charge in [0.05, 0.1) is 5.54 Å². The van der Waals surface area contributed by atoms with E-state index in [0.717, 1.165) is 32.4 Å². The summed E-state index contributed by atoms with van der Waals surface area (Å²) >= 11 is 0. The zero-order chi connectivity index (χ0) is 14.0. The van der Waals surface area contributed by atoms with Crippen LogP contribution in [-0.4, -0.2) is 37.1 Å². The van der Waals surface area contributed by atoms with Crippen molar-refractivity contribution in [2.75, 3.05) is 26.2 Å². The highest BCUT2D eigenvalue weighted by molar-refractivity contribution is 5.75. The Bertz CT molecular complexity index is 496. The molecule has 2 N–H and O–H groups in total. The molecule has 1 saturated heterocycles. The van der Waals surface area contributed by atoms with E-state index >= 15 is 0 Å². The van der Waals surface area contributed by atoms with Crippen LogP contribution in [0.1, 0.15) is 24.8 Å². The van der Waals surface area contributed by atoms with Crippen molar-refractivity contribution in [1.29, 1.82) is 0 Å². The molecule has 0 radical (unpaired) electrons. The Morgan fingerprint density at radius 2 is 1.95 bits per heavy atom. The lowest BCUT2D eigenvalue weighted by Gasteiger charge is -2.44. The van der Waals surface area contributed by atoms with Gasteiger partial charge in [0, 0.05) is 31.7 Å². The maximum atomic E-state index is 14.0. The summed E-state index contributed by atoms with van der Waals surface area (Å²) in [6.45, 7) is 3.05. The molecule has 2 amide bonds. The number of amides is 2. The number of nitrogens with zero attached hydrogens (tertiary/aromatic N) is 1. The molecule has 2 fully saturated rings. The first-order chi connectivity index (χ1) is 9.71. The van der Waals surface area contributed by atoms with Gasteiger partial charge in [-0.25, -0.2) is 9.18 Å². The zero-order valence-corrected chi connectivity index (χ0v) is 11.5. The van der Waals surface area contributed by atoms with Crippen LogP contribution >= 0.6 is 0 Å². The average molecular weight is 277 g/mol. The summed E-state index contributed by atoms with van der Waals surface area (Å²) in [6.07, 6.45) is 2.65. The fourth-order valence-corrected chi connectivity index (χ4v) is 2.99. The van der Waals surface area contributed by atoms with Crippen molar-refractivity contribution in [1.82, 2.24) is 15.5 Å². The van der Waals surface area contributed by atoms with E-state index in [9.17, 15) is 9.18 Å². The molecule has 1 aliphatic heterocycles. The van der Waals surface area contributed by atoms with Gasteiger partial charge < -0.3 is 15.5 Å². The molecule has 5 heteroatoms. The summed E-state index contributed by atoms with van der Waals surface area (Å²) in [5.41, 5.74) is 0.113. The molecule has 1 aromatic carbocycles. The molecule has 0 unspecified atom stereocenters. The molecule has 0 atom stereocenters. The molecule has 0 spiro atoms. The summed E-state index contributed by atoms with van der Waals surface area (Å²) in [7, 11) is 0. The minimum Gasteiger partial charge on any atom is -0.328 e. The zero-order valence-electron chi connectivity index (χ0n) is 11.5. The molecular formula is C15H20FN3O. The highest BCUT2D eigenvalue weighted by Gasteiger charge is 2.42. The molecule has 4 nitrogen and oxygen atoms in total. The van der Waals surface area contributed by atoms with E-state index in [0.29, 0.717) is 18.7 Å². The Labute approximate surface area is 118 Å². The summed E-state index contributed by atoms with van der Waals surface area (Å²) < 4.78 is 14.0. The van der Waals surface area contributed by atoms with Gasteiger partial charge in [-0.3, -0.25) is 0 Å². The highest BCUT2D eigenvalue weighted by Crippen LogP contribution is 2.42. The molecule has 3 rings (SSSR count). The second-order valence-electron chi connectivity index (χ2n) is 5.58. The SMILES string of the molecule is O=C(NC1(c2ccccc2F)CCC1)N1CCNCC1. The Kier molecular flexibility index (Phi) is 3.61. The molecule has 0 aromatic heterocycles. The molecule has 0 bridgehead atoms. The molecule has 1 aromatic rings. The third-order valence-corrected chi connectivity index (χ3v) is 4.35. The van der Waals surface area contributed by atoms with E-state index in [2.05, 4.69) is 10.6 Å². The molecule has 1 saturated carbocycles. The van der Waals surface area contributed by atoms with E-state index in [4.69, 9.17) is 0 Å². The van der Waals surface area contributed by atoms with Gasteiger partial charge in [0.1, 0.15) is 5.82 Å². The number of nitrogens with one attached hydrogen (secondary N) is 2. The number of carbonyl (C=O) groups excluding carboxylic acids is 1. The maximum absolute atomic E-state index is 14.0. The summed E-state index contributed by atoms with van der Waals surface area (Å²) in [4.78, 5) is 14.2. The Morgan fingerprint density at radius 3 is 2.55 bits per heavy atom. The van der Waals surface area contributed by atoms with Crippen LogP contribution in [0.15, 0.2) is 24.3 Å². The summed E-state index contributed by atoms with van der Waals surface area (Å²) in [6, 6.07) is 6.69. The minimum absolute atomic E-state index is 0.0746. The average Bonchev–Trinajstić information content (AvgIpc) is 2.44. The fraction of sp³-hybridized carbons (Fsp3) is 0.533. The Morgan fingerprint density at radius 1 is 1.25 bits per heavy atom. The molecule has 1 heterocycles. The van der Waals surface area contributed by atoms with Gasteiger partial charge in [-0.15, -0.1) is 0 Å². The van der Waals surface area contributed by atoms with Crippen LogP contribution in [0, 0.1) is 5.82 Å². The predicted octanol–water partition coefficient (Wildman–Crippen LogP) is 1.82. The number of hydrogen-bond acceptors (Lipinski definition) is 2. The van der Waals surface area contributed by atoms with Crippen LogP contribution in [0.2, 0.25) is 0 Å². The van der Waals surface area contributed by atoms with Gasteiger partial charge in [-0.1, -0.05) is 18.2 Å². The van der Waals surface area contributed by atoms with E-state index in [-0.39, 0.29) is 11.8 Å². The standard InChI is InChI=1S/C15H20FN3O/c16-13-5-2-1-4-12(13)15(6-3-7-15)18-14(20)19-10-8-17-9-11-19/h1-2,4-5,17H,3,6-11H2,(H,18,20). The van der Waals surface area contributed by atoms with Crippen LogP contribution in [0.3, 0.4) is 0 Å². The summed E-state index contributed by atoms with van der Waals surface area (Å²) in [5, 5.41) is 6.30. The quantitative estimate of drug-likeness (QED) is 0.866. The first kappa shape index (κ1) is 13.4. The van der Waals surface area contributed by atoms with Crippen molar-refractivity contribution >= 4 is 6.03 Å². The highest BCUT2D eigenvalue weighted by atomic mass is 19.1. The molecule has 1 aliphatic carbocycles. The van der Waals surface area contributed by atoms with Crippen molar-refractivity contribution in [3.63, 3.8) is 0 Å². The molecule has 20 heavy (non-hydrogen) atoms. The van der Waals surface area contributed by atoms with Crippen molar-refractivity contribution in [3.05, 3.63) is 35.6 Å². The summed E-state index contributed by atoms with van der Waals surface area (Å²) in [5.74, 6) is -0.229. The van der Waals surface area contributed by atoms with Crippen molar-refractivity contribution in [2.45, 2.75) is 24.8 Å². The first-order valence-corrected chi connectivity index (χ1v) is 7.24. The van der Waals surface area contributed by atoms with Crippen LogP contribution in [0.5, 0.6) is 0 Å². The van der Waals surface area contributed by atoms with Crippen molar-refractivity contribution in [2.24, 2.45) is 0 Å². The van der Waals surface area contributed by atoms with Crippen molar-refractivity contribution in [3.8, 4) is 0 Å². The van der Waals surface area contributed by atoms with Crippen LogP contribution in [0.4, 0.5) is 9.18 Å². The lowest BCUT2D eigenvalue weighted by Crippen LogP contribution is -2.58. The minimum atomic E-state index is -0.507. The van der Waals surface area contributed by atoms with Crippen LogP contribution in [0.25, 0.3) is 0 Å². The van der Waals surface area contributed by atoms with E-state index in [1.54, 1.807) is 17.0 Å². The lowest BCUT2D eigenvalue weighted by atomic mass is 9.71. The third kappa shape index (κ3) is 2.38. The number of hydrogen-bond donors (Lipinski definition) is 2. The number of benzene rings is 1. The maximum Gasteiger partial charge on any atom is 0.318 e. The second kappa shape index (κ2) is 5.40. The Balaban J connectivity index is 1.76. The van der Waals surface area contributed by atoms with Crippen molar-refractivity contribution < 1.29 is 9.18 Å². The van der Waals surface area contributed by atoms with Gasteiger partial charge in [-0.2, -0.15) is 0 Å². The topological polar surface area (TPSA) is 44.4 Å². The number of rotatable bonds is 2. The first-order valence-electron chi connectivity index (χ1n) is 7.24. The van der Waals surface area contributed by atoms with Crippen LogP contribution in [-0.2, 0) is 5.54 Å². The van der Waals surface area contributed by atoms with Gasteiger partial charge >= 0.3 is 6.03 Å². The lowest BCUT2D eigenvalue weighted by molar-refractivity contribution is 0.143. The number of piperazine rings is 1. The normalized spacial score (nSPS) is 21.1. The Hall–Kier alpha value is -1.62. The number of halogens is 1. The smallest absolute Gasteiger partial charge is 0.318 e. The van der Waals surface area contributed by atoms with E-state index < -0.39 is 5.54 Å². The third-order valence-electron chi connectivity index (χ3n) is 4.35. The van der Waals surface area contributed by atoms with Gasteiger partial charge in [0.25, 0.3) is 0 Å². The molecule has 2 aliphatic rings. The largest absolute Gasteiger partial charge is 0.328 e. The van der Waals surface area contributed by atoms with Gasteiger partial charge in [-0.05, 0) is 25.3 Å². The van der Waals surface area contributed by atoms with E-state index in [1.165, 1.54) is 6.07 Å². The van der Waals surface area contributed by atoms with Gasteiger partial charge in [0.15, 0.2) is 0 Å². The monoisotopic (exact) mass is 277 g/mol. The van der Waals surface area contributed by atoms with Crippen LogP contribution < -0.4 is 10.6 Å². The molecular weight excluding hydrogens is 257 g/mol. The number of carbonyl (C=O) groups is 1. The van der Waals surface area contributed by atoms with Gasteiger partial charge in [0.2, 0.25) is 0 Å². The second-order valence-corrected chi connectivity index (χ2v) is 5.58. The fourth-order valence-electron chi connectivity index (χ4n) is 2.99. The predicted molar refractivity (Wildman–Crippen MR) is 74.9 cm³/mol. The molecule has 108 valence electrons. The van der Waals surface area contributed by atoms with E-state index in [1.807, 2.05) is 6.07 Å². The number of urea groups is 1.